The third kappa shape index (κ3) is 4.09. The zero-order chi connectivity index (χ0) is 22.0. The zero-order valence-electron chi connectivity index (χ0n) is 17.8. The van der Waals surface area contributed by atoms with E-state index in [1.54, 1.807) is 6.08 Å². The number of anilines is 2. The Labute approximate surface area is 175 Å². The molecular weight excluding hydrogens is 385 g/mol. The van der Waals surface area contributed by atoms with Crippen LogP contribution in [-0.4, -0.2) is 47.9 Å². The Morgan fingerprint density at radius 1 is 1.27 bits per heavy atom. The van der Waals surface area contributed by atoms with E-state index >= 15 is 0 Å². The Hall–Kier alpha value is -3.13. The highest BCUT2D eigenvalue weighted by atomic mass is 19.1. The number of likely N-dealkylation sites (N-methyl/N-ethyl adjacent to an activating group) is 1. The number of hydrogen-bond donors (Lipinski definition) is 4. The number of nitrogens with zero attached hydrogens (tertiary/aromatic N) is 1. The Bertz CT molecular complexity index is 1020. The fourth-order valence-electron chi connectivity index (χ4n) is 3.79. The van der Waals surface area contributed by atoms with Gasteiger partial charge in [0.25, 0.3) is 11.8 Å². The van der Waals surface area contributed by atoms with Crippen LogP contribution in [0, 0.1) is 19.7 Å². The Kier molecular flexibility index (Phi) is 6.26. The summed E-state index contributed by atoms with van der Waals surface area (Å²) in [5.74, 6) is -1.04. The summed E-state index contributed by atoms with van der Waals surface area (Å²) in [5, 5.41) is 5.64. The Morgan fingerprint density at radius 2 is 1.97 bits per heavy atom. The maximum absolute atomic E-state index is 13.8. The van der Waals surface area contributed by atoms with Gasteiger partial charge in [-0.15, -0.1) is 0 Å². The van der Waals surface area contributed by atoms with E-state index in [2.05, 4.69) is 34.4 Å². The van der Waals surface area contributed by atoms with Crippen LogP contribution in [0.3, 0.4) is 0 Å². The highest BCUT2D eigenvalue weighted by Gasteiger charge is 2.28. The van der Waals surface area contributed by atoms with Crippen LogP contribution >= 0.6 is 0 Å². The second-order valence-electron chi connectivity index (χ2n) is 7.38. The van der Waals surface area contributed by atoms with Crippen molar-refractivity contribution in [2.75, 3.05) is 37.2 Å². The lowest BCUT2D eigenvalue weighted by atomic mass is 10.0. The predicted molar refractivity (Wildman–Crippen MR) is 118 cm³/mol. The summed E-state index contributed by atoms with van der Waals surface area (Å²) in [6, 6.07) is 2.45. The number of hydrogen-bond acceptors (Lipinski definition) is 4. The summed E-state index contributed by atoms with van der Waals surface area (Å²) >= 11 is 0. The minimum Gasteiger partial charge on any atom is -0.397 e. The second-order valence-corrected chi connectivity index (χ2v) is 7.38. The topological polar surface area (TPSA) is 103 Å². The molecule has 30 heavy (non-hydrogen) atoms. The van der Waals surface area contributed by atoms with E-state index in [0.717, 1.165) is 25.2 Å². The number of carbonyl (C=O) groups is 2. The summed E-state index contributed by atoms with van der Waals surface area (Å²) in [6.45, 7) is 11.0. The van der Waals surface area contributed by atoms with E-state index in [-0.39, 0.29) is 17.5 Å². The van der Waals surface area contributed by atoms with Crippen molar-refractivity contribution in [1.82, 2.24) is 15.2 Å². The number of carbonyl (C=O) groups excluding carboxylic acids is 2. The van der Waals surface area contributed by atoms with E-state index in [1.807, 2.05) is 13.8 Å². The second kappa shape index (κ2) is 8.71. The van der Waals surface area contributed by atoms with Crippen LogP contribution in [0.4, 0.5) is 15.8 Å². The van der Waals surface area contributed by atoms with Gasteiger partial charge in [-0.05, 0) is 50.7 Å². The average Bonchev–Trinajstić information content (AvgIpc) is 3.15. The molecule has 8 heteroatoms. The molecule has 0 aliphatic carbocycles. The molecule has 0 unspecified atom stereocenters. The highest BCUT2D eigenvalue weighted by molar-refractivity contribution is 6.35. The summed E-state index contributed by atoms with van der Waals surface area (Å²) in [6.07, 6.45) is 1.63. The third-order valence-corrected chi connectivity index (χ3v) is 5.51. The first-order valence-corrected chi connectivity index (χ1v) is 10.1. The lowest BCUT2D eigenvalue weighted by molar-refractivity contribution is -0.110. The summed E-state index contributed by atoms with van der Waals surface area (Å²) in [7, 11) is 0. The molecule has 2 amide bonds. The van der Waals surface area contributed by atoms with E-state index in [4.69, 9.17) is 5.73 Å². The van der Waals surface area contributed by atoms with Crippen molar-refractivity contribution in [3.63, 3.8) is 0 Å². The number of halogens is 1. The molecule has 1 aliphatic heterocycles. The van der Waals surface area contributed by atoms with Crippen molar-refractivity contribution in [3.05, 3.63) is 46.0 Å². The van der Waals surface area contributed by atoms with Crippen molar-refractivity contribution >= 4 is 34.8 Å². The van der Waals surface area contributed by atoms with E-state index in [9.17, 15) is 14.0 Å². The minimum atomic E-state index is -0.513. The molecule has 0 spiro atoms. The molecule has 0 atom stereocenters. The number of aromatic nitrogens is 1. The van der Waals surface area contributed by atoms with Gasteiger partial charge in [0.2, 0.25) is 0 Å². The largest absolute Gasteiger partial charge is 0.397 e. The number of nitrogen functional groups attached to an aromatic ring is 1. The van der Waals surface area contributed by atoms with Gasteiger partial charge in [0.15, 0.2) is 0 Å². The predicted octanol–water partition coefficient (Wildman–Crippen LogP) is 2.92. The lowest BCUT2D eigenvalue weighted by Gasteiger charge is -2.18. The van der Waals surface area contributed by atoms with Crippen molar-refractivity contribution in [3.8, 4) is 0 Å². The molecule has 0 saturated heterocycles. The number of nitrogens with two attached hydrogens (primary N) is 1. The lowest BCUT2D eigenvalue weighted by Crippen LogP contribution is -2.35. The Morgan fingerprint density at radius 3 is 2.63 bits per heavy atom. The zero-order valence-corrected chi connectivity index (χ0v) is 17.8. The van der Waals surface area contributed by atoms with Gasteiger partial charge < -0.3 is 26.3 Å². The molecule has 2 heterocycles. The maximum Gasteiger partial charge on any atom is 0.256 e. The minimum absolute atomic E-state index is 0.162. The van der Waals surface area contributed by atoms with Gasteiger partial charge in [-0.1, -0.05) is 13.8 Å². The molecule has 3 rings (SSSR count). The summed E-state index contributed by atoms with van der Waals surface area (Å²) in [5.41, 5.74) is 9.74. The number of aromatic amines is 1. The van der Waals surface area contributed by atoms with Crippen molar-refractivity contribution < 1.29 is 14.0 Å². The molecule has 1 aromatic carbocycles. The molecule has 1 aliphatic rings. The van der Waals surface area contributed by atoms with Gasteiger partial charge in [-0.3, -0.25) is 9.59 Å². The fraction of sp³-hybridized carbons (Fsp3) is 0.364. The van der Waals surface area contributed by atoms with E-state index in [1.165, 1.54) is 12.1 Å². The molecule has 2 aromatic rings. The first-order chi connectivity index (χ1) is 14.3. The molecule has 0 radical (unpaired) electrons. The number of aryl methyl sites for hydroxylation is 1. The first-order valence-electron chi connectivity index (χ1n) is 10.1. The van der Waals surface area contributed by atoms with Crippen LogP contribution < -0.4 is 16.4 Å². The Balaban J connectivity index is 1.87. The van der Waals surface area contributed by atoms with Gasteiger partial charge in [0.05, 0.1) is 22.5 Å². The molecule has 1 aromatic heterocycles. The fourth-order valence-corrected chi connectivity index (χ4v) is 3.79. The number of H-pyrrole nitrogens is 1. The molecule has 160 valence electrons. The van der Waals surface area contributed by atoms with Crippen molar-refractivity contribution in [2.45, 2.75) is 27.7 Å². The van der Waals surface area contributed by atoms with Crippen molar-refractivity contribution in [1.29, 1.82) is 0 Å². The molecule has 0 saturated carbocycles. The SMILES string of the molecule is CCN(CC)CCNC(=O)c1c(C)[nH]c(/C=C2\C(=O)Nc3c(N)cc(F)cc32)c1C. The molecular formula is C22H28FN5O2. The highest BCUT2D eigenvalue weighted by Crippen LogP contribution is 2.38. The van der Waals surface area contributed by atoms with Crippen LogP contribution in [0.5, 0.6) is 0 Å². The number of rotatable bonds is 7. The first kappa shape index (κ1) is 21.6. The average molecular weight is 413 g/mol. The van der Waals surface area contributed by atoms with Crippen LogP contribution in [0.1, 0.15) is 46.7 Å². The van der Waals surface area contributed by atoms with Gasteiger partial charge in [0.1, 0.15) is 5.82 Å². The molecule has 0 fully saturated rings. The summed E-state index contributed by atoms with van der Waals surface area (Å²) < 4.78 is 13.8. The molecule has 0 bridgehead atoms. The number of benzene rings is 1. The van der Waals surface area contributed by atoms with Gasteiger partial charge in [-0.2, -0.15) is 0 Å². The van der Waals surface area contributed by atoms with Crippen LogP contribution in [-0.2, 0) is 4.79 Å². The standard InChI is InChI=1S/C22H28FN5O2/c1-5-28(6-2)8-7-25-22(30)19-12(3)18(26-13(19)4)11-16-15-9-14(23)10-17(24)20(15)27-21(16)29/h9-11,26H,5-8,24H2,1-4H3,(H,25,30)(H,27,29)/b16-11-. The smallest absolute Gasteiger partial charge is 0.256 e. The molecule has 5 N–H and O–H groups in total. The quantitative estimate of drug-likeness (QED) is 0.414. The summed E-state index contributed by atoms with van der Waals surface area (Å²) in [4.78, 5) is 30.6. The number of fused-ring (bicyclic) bond motifs is 1. The van der Waals surface area contributed by atoms with E-state index < -0.39 is 5.82 Å². The number of amides is 2. The third-order valence-electron chi connectivity index (χ3n) is 5.51. The van der Waals surface area contributed by atoms with E-state index in [0.29, 0.717) is 40.3 Å². The van der Waals surface area contributed by atoms with Gasteiger partial charge >= 0.3 is 0 Å². The normalized spacial score (nSPS) is 14.3. The van der Waals surface area contributed by atoms with Crippen LogP contribution in [0.15, 0.2) is 12.1 Å². The van der Waals surface area contributed by atoms with Gasteiger partial charge in [-0.25, -0.2) is 4.39 Å². The van der Waals surface area contributed by atoms with Crippen molar-refractivity contribution in [2.24, 2.45) is 0 Å². The number of nitrogens with one attached hydrogen (secondary N) is 3. The van der Waals surface area contributed by atoms with Gasteiger partial charge in [0, 0.05) is 30.0 Å². The molecule has 7 nitrogen and oxygen atoms in total. The van der Waals surface area contributed by atoms with Crippen LogP contribution in [0.25, 0.3) is 11.6 Å². The monoisotopic (exact) mass is 413 g/mol. The maximum atomic E-state index is 13.8. The van der Waals surface area contributed by atoms with Crippen LogP contribution in [0.2, 0.25) is 0 Å².